The van der Waals surface area contributed by atoms with Crippen molar-refractivity contribution in [2.75, 3.05) is 5.33 Å². The van der Waals surface area contributed by atoms with Gasteiger partial charge in [-0.3, -0.25) is 9.59 Å². The van der Waals surface area contributed by atoms with Gasteiger partial charge in [0.2, 0.25) is 0 Å². The fourth-order valence-electron chi connectivity index (χ4n) is 1.04. The third kappa shape index (κ3) is 2.96. The zero-order valence-corrected chi connectivity index (χ0v) is 8.99. The van der Waals surface area contributed by atoms with Gasteiger partial charge in [0.1, 0.15) is 6.61 Å². The van der Waals surface area contributed by atoms with Crippen molar-refractivity contribution in [2.24, 2.45) is 0 Å². The second kappa shape index (κ2) is 5.54. The number of alkyl halides is 1. The van der Waals surface area contributed by atoms with Gasteiger partial charge < -0.3 is 4.74 Å². The highest BCUT2D eigenvalue weighted by molar-refractivity contribution is 9.09. The van der Waals surface area contributed by atoms with Crippen molar-refractivity contribution < 1.29 is 14.3 Å². The fourth-order valence-corrected chi connectivity index (χ4v) is 1.37. The van der Waals surface area contributed by atoms with Gasteiger partial charge in [-0.2, -0.15) is 0 Å². The average Bonchev–Trinajstić information content (AvgIpc) is 2.25. The molecule has 0 saturated heterocycles. The highest BCUT2D eigenvalue weighted by atomic mass is 79.9. The van der Waals surface area contributed by atoms with Crippen LogP contribution in [-0.2, 0) is 16.1 Å². The molecule has 0 aromatic heterocycles. The lowest BCUT2D eigenvalue weighted by molar-refractivity contribution is -0.129. The molecule has 0 atom stereocenters. The maximum Gasteiger partial charge on any atom is 0.293 e. The van der Waals surface area contributed by atoms with E-state index in [2.05, 4.69) is 20.7 Å². The number of hydrogen-bond donors (Lipinski definition) is 0. The number of halogens is 1. The summed E-state index contributed by atoms with van der Waals surface area (Å²) >= 11 is 3.09. The standard InChI is InChI=1S/C10H9BrO3/c11-5-10(13)9-3-1-2-8(4-9)6-14-7-12/h1-4,7H,5-6H2. The minimum absolute atomic E-state index is 0.0120. The van der Waals surface area contributed by atoms with Gasteiger partial charge in [-0.05, 0) is 11.6 Å². The number of ketones is 1. The molecule has 0 bridgehead atoms. The molecule has 0 amide bonds. The first-order valence-corrected chi connectivity index (χ1v) is 5.13. The van der Waals surface area contributed by atoms with Crippen LogP contribution in [-0.4, -0.2) is 17.6 Å². The topological polar surface area (TPSA) is 43.4 Å². The summed E-state index contributed by atoms with van der Waals surface area (Å²) in [6.45, 7) is 0.589. The molecule has 1 aromatic carbocycles. The van der Waals surface area contributed by atoms with Crippen molar-refractivity contribution >= 4 is 28.2 Å². The van der Waals surface area contributed by atoms with E-state index in [1.54, 1.807) is 24.3 Å². The lowest BCUT2D eigenvalue weighted by Crippen LogP contribution is -2.01. The van der Waals surface area contributed by atoms with E-state index in [9.17, 15) is 9.59 Å². The first kappa shape index (κ1) is 10.9. The molecule has 0 aliphatic heterocycles. The van der Waals surface area contributed by atoms with Crippen molar-refractivity contribution in [1.29, 1.82) is 0 Å². The number of carbonyl (C=O) groups is 2. The SMILES string of the molecule is O=COCc1cccc(C(=O)CBr)c1. The summed E-state index contributed by atoms with van der Waals surface area (Å²) in [5, 5.41) is 0.297. The van der Waals surface area contributed by atoms with Gasteiger partial charge in [0.25, 0.3) is 6.47 Å². The van der Waals surface area contributed by atoms with Gasteiger partial charge in [0, 0.05) is 5.56 Å². The summed E-state index contributed by atoms with van der Waals surface area (Å²) in [7, 11) is 0. The Balaban J connectivity index is 2.78. The van der Waals surface area contributed by atoms with Gasteiger partial charge in [-0.25, -0.2) is 0 Å². The van der Waals surface area contributed by atoms with Crippen LogP contribution in [0.1, 0.15) is 15.9 Å². The Kier molecular flexibility index (Phi) is 4.32. The Morgan fingerprint density at radius 2 is 2.29 bits per heavy atom. The lowest BCUT2D eigenvalue weighted by Gasteiger charge is -2.01. The number of ether oxygens (including phenoxy) is 1. The molecule has 0 saturated carbocycles. The Morgan fingerprint density at radius 3 is 2.93 bits per heavy atom. The number of carbonyl (C=O) groups excluding carboxylic acids is 2. The molecule has 1 rings (SSSR count). The van der Waals surface area contributed by atoms with Crippen molar-refractivity contribution in [2.45, 2.75) is 6.61 Å². The van der Waals surface area contributed by atoms with E-state index >= 15 is 0 Å². The molecule has 0 spiro atoms. The molecule has 0 aliphatic carbocycles. The molecular formula is C10H9BrO3. The molecule has 1 aromatic rings. The minimum atomic E-state index is 0.0120. The smallest absolute Gasteiger partial charge is 0.293 e. The number of benzene rings is 1. The first-order valence-electron chi connectivity index (χ1n) is 4.01. The summed E-state index contributed by atoms with van der Waals surface area (Å²) in [6, 6.07) is 7.01. The largest absolute Gasteiger partial charge is 0.463 e. The van der Waals surface area contributed by atoms with Crippen LogP contribution in [0.5, 0.6) is 0 Å². The molecule has 0 fully saturated rings. The molecule has 4 heteroatoms. The predicted molar refractivity (Wildman–Crippen MR) is 55.4 cm³/mol. The van der Waals surface area contributed by atoms with E-state index in [1.165, 1.54) is 0 Å². The monoisotopic (exact) mass is 256 g/mol. The summed E-state index contributed by atoms with van der Waals surface area (Å²) in [5.74, 6) is 0.0120. The minimum Gasteiger partial charge on any atom is -0.463 e. The van der Waals surface area contributed by atoms with E-state index in [-0.39, 0.29) is 12.4 Å². The van der Waals surface area contributed by atoms with Gasteiger partial charge >= 0.3 is 0 Å². The molecule has 0 radical (unpaired) electrons. The Labute approximate surface area is 90.2 Å². The van der Waals surface area contributed by atoms with E-state index in [4.69, 9.17) is 0 Å². The Hall–Kier alpha value is -1.16. The van der Waals surface area contributed by atoms with Crippen molar-refractivity contribution in [3.8, 4) is 0 Å². The summed E-state index contributed by atoms with van der Waals surface area (Å²) < 4.78 is 4.58. The van der Waals surface area contributed by atoms with Gasteiger partial charge in [0.15, 0.2) is 5.78 Å². The Bertz CT molecular complexity index is 336. The number of rotatable bonds is 5. The normalized spacial score (nSPS) is 9.50. The van der Waals surface area contributed by atoms with Crippen LogP contribution >= 0.6 is 15.9 Å². The van der Waals surface area contributed by atoms with Crippen LogP contribution < -0.4 is 0 Å². The summed E-state index contributed by atoms with van der Waals surface area (Å²) in [5.41, 5.74) is 1.43. The molecule has 3 nitrogen and oxygen atoms in total. The van der Waals surface area contributed by atoms with E-state index < -0.39 is 0 Å². The van der Waals surface area contributed by atoms with Crippen LogP contribution in [0, 0.1) is 0 Å². The van der Waals surface area contributed by atoms with E-state index in [1.807, 2.05) is 0 Å². The van der Waals surface area contributed by atoms with Crippen LogP contribution in [0.3, 0.4) is 0 Å². The predicted octanol–water partition coefficient (Wildman–Crippen LogP) is 1.94. The second-order valence-corrected chi connectivity index (χ2v) is 3.23. The van der Waals surface area contributed by atoms with E-state index in [0.717, 1.165) is 5.56 Å². The highest BCUT2D eigenvalue weighted by Crippen LogP contribution is 2.08. The first-order chi connectivity index (χ1) is 6.77. The molecule has 0 aliphatic rings. The lowest BCUT2D eigenvalue weighted by atomic mass is 10.1. The molecule has 0 heterocycles. The average molecular weight is 257 g/mol. The van der Waals surface area contributed by atoms with Crippen molar-refractivity contribution in [3.05, 3.63) is 35.4 Å². The molecular weight excluding hydrogens is 248 g/mol. The Morgan fingerprint density at radius 1 is 1.50 bits per heavy atom. The van der Waals surface area contributed by atoms with Crippen LogP contribution in [0.15, 0.2) is 24.3 Å². The third-order valence-electron chi connectivity index (χ3n) is 1.69. The molecule has 0 N–H and O–H groups in total. The molecule has 74 valence electrons. The third-order valence-corrected chi connectivity index (χ3v) is 2.20. The number of Topliss-reactive ketones (excluding diaryl/α,β-unsaturated/α-hetero) is 1. The molecule has 14 heavy (non-hydrogen) atoms. The van der Waals surface area contributed by atoms with Crippen molar-refractivity contribution in [3.63, 3.8) is 0 Å². The second-order valence-electron chi connectivity index (χ2n) is 2.66. The number of hydrogen-bond acceptors (Lipinski definition) is 3. The summed E-state index contributed by atoms with van der Waals surface area (Å²) in [6.07, 6.45) is 0. The zero-order chi connectivity index (χ0) is 10.4. The van der Waals surface area contributed by atoms with Crippen LogP contribution in [0.4, 0.5) is 0 Å². The quantitative estimate of drug-likeness (QED) is 0.460. The summed E-state index contributed by atoms with van der Waals surface area (Å²) in [4.78, 5) is 21.2. The maximum atomic E-state index is 11.3. The van der Waals surface area contributed by atoms with E-state index in [0.29, 0.717) is 17.4 Å². The fraction of sp³-hybridized carbons (Fsp3) is 0.200. The van der Waals surface area contributed by atoms with Gasteiger partial charge in [-0.1, -0.05) is 34.1 Å². The van der Waals surface area contributed by atoms with Gasteiger partial charge in [-0.15, -0.1) is 0 Å². The maximum absolute atomic E-state index is 11.3. The zero-order valence-electron chi connectivity index (χ0n) is 7.40. The van der Waals surface area contributed by atoms with Gasteiger partial charge in [0.05, 0.1) is 5.33 Å². The van der Waals surface area contributed by atoms with Crippen LogP contribution in [0.25, 0.3) is 0 Å². The molecule has 0 unspecified atom stereocenters. The van der Waals surface area contributed by atoms with Crippen molar-refractivity contribution in [1.82, 2.24) is 0 Å². The highest BCUT2D eigenvalue weighted by Gasteiger charge is 2.03. The van der Waals surface area contributed by atoms with Crippen LogP contribution in [0.2, 0.25) is 0 Å².